The average molecular weight is 316 g/mol. The molecular formula is C19H32N4. The molecule has 1 aromatic rings. The van der Waals surface area contributed by atoms with Gasteiger partial charge in [0.2, 0.25) is 0 Å². The lowest BCUT2D eigenvalue weighted by molar-refractivity contribution is 0.157. The number of piperidine rings is 1. The molecule has 3 heterocycles. The third-order valence-corrected chi connectivity index (χ3v) is 5.45. The fraction of sp³-hybridized carbons (Fsp3) is 0.737. The standard InChI is InChI=1S/C19H32N4/c1-3-10-23-16-18(15-20-23)17-7-12-22(13-8-17)14-9-19-6-4-5-11-21(19)2/h7,15-16,19H,3-6,8-14H2,1-2H3/t19-/m1/s1. The van der Waals surface area contributed by atoms with Crippen LogP contribution in [0.4, 0.5) is 0 Å². The van der Waals surface area contributed by atoms with E-state index in [1.54, 1.807) is 0 Å². The summed E-state index contributed by atoms with van der Waals surface area (Å²) < 4.78 is 2.07. The zero-order chi connectivity index (χ0) is 16.1. The van der Waals surface area contributed by atoms with Crippen LogP contribution in [-0.2, 0) is 6.54 Å². The largest absolute Gasteiger partial charge is 0.303 e. The number of rotatable bonds is 6. The summed E-state index contributed by atoms with van der Waals surface area (Å²) in [6, 6.07) is 0.807. The predicted molar refractivity (Wildman–Crippen MR) is 96.4 cm³/mol. The molecule has 0 saturated carbocycles. The Labute approximate surface area is 141 Å². The molecule has 2 aliphatic rings. The van der Waals surface area contributed by atoms with E-state index in [1.165, 1.54) is 62.9 Å². The molecule has 0 amide bonds. The second-order valence-corrected chi connectivity index (χ2v) is 7.19. The second kappa shape index (κ2) is 8.11. The van der Waals surface area contributed by atoms with Crippen LogP contribution < -0.4 is 0 Å². The van der Waals surface area contributed by atoms with E-state index in [1.807, 2.05) is 6.20 Å². The molecule has 0 aliphatic carbocycles. The highest BCUT2D eigenvalue weighted by atomic mass is 15.3. The van der Waals surface area contributed by atoms with Crippen LogP contribution in [0.2, 0.25) is 0 Å². The van der Waals surface area contributed by atoms with Gasteiger partial charge >= 0.3 is 0 Å². The molecule has 0 bridgehead atoms. The zero-order valence-electron chi connectivity index (χ0n) is 14.9. The normalized spacial score (nSPS) is 23.9. The number of aromatic nitrogens is 2. The van der Waals surface area contributed by atoms with E-state index in [-0.39, 0.29) is 0 Å². The molecule has 1 saturated heterocycles. The van der Waals surface area contributed by atoms with Crippen molar-refractivity contribution in [2.45, 2.75) is 58.0 Å². The Morgan fingerprint density at radius 3 is 2.87 bits per heavy atom. The Kier molecular flexibility index (Phi) is 5.90. The minimum Gasteiger partial charge on any atom is -0.303 e. The first-order valence-corrected chi connectivity index (χ1v) is 9.40. The fourth-order valence-electron chi connectivity index (χ4n) is 3.90. The molecule has 1 aromatic heterocycles. The number of likely N-dealkylation sites (tertiary alicyclic amines) is 1. The van der Waals surface area contributed by atoms with E-state index in [0.717, 1.165) is 25.6 Å². The van der Waals surface area contributed by atoms with Crippen LogP contribution in [0.5, 0.6) is 0 Å². The van der Waals surface area contributed by atoms with Crippen LogP contribution in [0.3, 0.4) is 0 Å². The van der Waals surface area contributed by atoms with Crippen molar-refractivity contribution < 1.29 is 0 Å². The third kappa shape index (κ3) is 4.45. The molecule has 1 atom stereocenters. The molecule has 4 heteroatoms. The maximum atomic E-state index is 4.46. The molecule has 23 heavy (non-hydrogen) atoms. The summed E-state index contributed by atoms with van der Waals surface area (Å²) in [4.78, 5) is 5.18. The first-order valence-electron chi connectivity index (χ1n) is 9.40. The Morgan fingerprint density at radius 2 is 2.13 bits per heavy atom. The lowest BCUT2D eigenvalue weighted by atomic mass is 9.99. The summed E-state index contributed by atoms with van der Waals surface area (Å²) >= 11 is 0. The molecule has 0 aromatic carbocycles. The monoisotopic (exact) mass is 316 g/mol. The van der Waals surface area contributed by atoms with Gasteiger partial charge in [0.15, 0.2) is 0 Å². The highest BCUT2D eigenvalue weighted by Gasteiger charge is 2.20. The van der Waals surface area contributed by atoms with Crippen molar-refractivity contribution >= 4 is 5.57 Å². The molecule has 1 fully saturated rings. The van der Waals surface area contributed by atoms with Crippen LogP contribution in [0, 0.1) is 0 Å². The molecule has 0 N–H and O–H groups in total. The topological polar surface area (TPSA) is 24.3 Å². The molecule has 2 aliphatic heterocycles. The van der Waals surface area contributed by atoms with Crippen LogP contribution in [0.1, 0.15) is 51.0 Å². The first-order chi connectivity index (χ1) is 11.3. The summed E-state index contributed by atoms with van der Waals surface area (Å²) in [7, 11) is 2.30. The lowest BCUT2D eigenvalue weighted by Gasteiger charge is -2.34. The molecule has 0 spiro atoms. The zero-order valence-corrected chi connectivity index (χ0v) is 14.9. The number of aryl methyl sites for hydroxylation is 1. The van der Waals surface area contributed by atoms with Crippen LogP contribution >= 0.6 is 0 Å². The maximum absolute atomic E-state index is 4.46. The van der Waals surface area contributed by atoms with Crippen molar-refractivity contribution in [3.8, 4) is 0 Å². The van der Waals surface area contributed by atoms with Gasteiger partial charge in [-0.25, -0.2) is 0 Å². The number of hydrogen-bond donors (Lipinski definition) is 0. The quantitative estimate of drug-likeness (QED) is 0.805. The van der Waals surface area contributed by atoms with Crippen molar-refractivity contribution in [2.24, 2.45) is 0 Å². The SMILES string of the molecule is CCCn1cc(C2=CCN(CC[C@H]3CCCCN3C)CC2)cn1. The Balaban J connectivity index is 1.47. The summed E-state index contributed by atoms with van der Waals surface area (Å²) in [5.41, 5.74) is 2.81. The van der Waals surface area contributed by atoms with E-state index in [0.29, 0.717) is 0 Å². The number of nitrogens with zero attached hydrogens (tertiary/aromatic N) is 4. The predicted octanol–water partition coefficient (Wildman–Crippen LogP) is 3.26. The molecule has 128 valence electrons. The summed E-state index contributed by atoms with van der Waals surface area (Å²) in [5, 5.41) is 4.46. The van der Waals surface area contributed by atoms with Gasteiger partial charge in [0.25, 0.3) is 0 Å². The van der Waals surface area contributed by atoms with Crippen LogP contribution in [-0.4, -0.2) is 58.8 Å². The highest BCUT2D eigenvalue weighted by Crippen LogP contribution is 2.23. The number of hydrogen-bond acceptors (Lipinski definition) is 3. The molecular weight excluding hydrogens is 284 g/mol. The van der Waals surface area contributed by atoms with E-state index < -0.39 is 0 Å². The maximum Gasteiger partial charge on any atom is 0.0564 e. The van der Waals surface area contributed by atoms with E-state index in [4.69, 9.17) is 0 Å². The summed E-state index contributed by atoms with van der Waals surface area (Å²) in [5.74, 6) is 0. The Bertz CT molecular complexity index is 519. The smallest absolute Gasteiger partial charge is 0.0564 e. The van der Waals surface area contributed by atoms with Gasteiger partial charge in [0.05, 0.1) is 6.20 Å². The Morgan fingerprint density at radius 1 is 1.22 bits per heavy atom. The van der Waals surface area contributed by atoms with Gasteiger partial charge in [-0.2, -0.15) is 5.10 Å². The third-order valence-electron chi connectivity index (χ3n) is 5.45. The van der Waals surface area contributed by atoms with Gasteiger partial charge in [-0.15, -0.1) is 0 Å². The fourth-order valence-corrected chi connectivity index (χ4v) is 3.90. The van der Waals surface area contributed by atoms with Crippen molar-refractivity contribution in [1.82, 2.24) is 19.6 Å². The molecule has 4 nitrogen and oxygen atoms in total. The second-order valence-electron chi connectivity index (χ2n) is 7.19. The van der Waals surface area contributed by atoms with E-state index >= 15 is 0 Å². The van der Waals surface area contributed by atoms with Gasteiger partial charge in [-0.1, -0.05) is 19.4 Å². The summed E-state index contributed by atoms with van der Waals surface area (Å²) in [6.45, 7) is 8.05. The van der Waals surface area contributed by atoms with E-state index in [9.17, 15) is 0 Å². The van der Waals surface area contributed by atoms with Gasteiger partial charge in [0.1, 0.15) is 0 Å². The van der Waals surface area contributed by atoms with Crippen LogP contribution in [0.15, 0.2) is 18.5 Å². The van der Waals surface area contributed by atoms with Crippen molar-refractivity contribution in [3.63, 3.8) is 0 Å². The van der Waals surface area contributed by atoms with Crippen LogP contribution in [0.25, 0.3) is 5.57 Å². The van der Waals surface area contributed by atoms with Gasteiger partial charge in [-0.05, 0) is 57.8 Å². The van der Waals surface area contributed by atoms with Gasteiger partial charge in [0, 0.05) is 37.4 Å². The minimum atomic E-state index is 0.807. The van der Waals surface area contributed by atoms with E-state index in [2.05, 4.69) is 45.8 Å². The van der Waals surface area contributed by atoms with Gasteiger partial charge in [-0.3, -0.25) is 9.58 Å². The average Bonchev–Trinajstić information content (AvgIpc) is 3.04. The van der Waals surface area contributed by atoms with Crippen molar-refractivity contribution in [2.75, 3.05) is 33.2 Å². The molecule has 3 rings (SSSR count). The first kappa shape index (κ1) is 16.7. The minimum absolute atomic E-state index is 0.807. The molecule has 0 radical (unpaired) electrons. The Hall–Kier alpha value is -1.13. The summed E-state index contributed by atoms with van der Waals surface area (Å²) in [6.07, 6.45) is 14.5. The lowest BCUT2D eigenvalue weighted by Crippen LogP contribution is -2.39. The molecule has 0 unspecified atom stereocenters. The highest BCUT2D eigenvalue weighted by molar-refractivity contribution is 5.65. The van der Waals surface area contributed by atoms with Crippen molar-refractivity contribution in [3.05, 3.63) is 24.0 Å². The van der Waals surface area contributed by atoms with Gasteiger partial charge < -0.3 is 4.90 Å². The van der Waals surface area contributed by atoms with Crippen molar-refractivity contribution in [1.29, 1.82) is 0 Å².